The number of likely N-dealkylation sites (tertiary alicyclic amines) is 1. The van der Waals surface area contributed by atoms with E-state index in [1.54, 1.807) is 17.0 Å². The van der Waals surface area contributed by atoms with Crippen LogP contribution in [-0.2, 0) is 4.74 Å². The van der Waals surface area contributed by atoms with Gasteiger partial charge < -0.3 is 15.0 Å². The molecule has 0 atom stereocenters. The summed E-state index contributed by atoms with van der Waals surface area (Å²) < 4.78 is 18.9. The van der Waals surface area contributed by atoms with Gasteiger partial charge in [0.25, 0.3) is 5.91 Å². The van der Waals surface area contributed by atoms with Gasteiger partial charge in [0, 0.05) is 25.9 Å². The number of rotatable bonds is 1. The van der Waals surface area contributed by atoms with E-state index in [1.165, 1.54) is 12.1 Å². The number of halogens is 1. The Kier molecular flexibility index (Phi) is 3.08. The monoisotopic (exact) mass is 278 g/mol. The van der Waals surface area contributed by atoms with Crippen molar-refractivity contribution in [3.8, 4) is 0 Å². The zero-order chi connectivity index (χ0) is 14.2. The molecule has 0 aliphatic carbocycles. The van der Waals surface area contributed by atoms with Gasteiger partial charge in [-0.05, 0) is 12.1 Å². The van der Waals surface area contributed by atoms with Crippen molar-refractivity contribution in [2.45, 2.75) is 18.4 Å². The Morgan fingerprint density at radius 1 is 1.30 bits per heavy atom. The summed E-state index contributed by atoms with van der Waals surface area (Å²) in [6.45, 7) is 1.40. The number of amides is 2. The van der Waals surface area contributed by atoms with Crippen molar-refractivity contribution in [2.24, 2.45) is 0 Å². The lowest BCUT2D eigenvalue weighted by atomic mass is 9.91. The van der Waals surface area contributed by atoms with Gasteiger partial charge in [-0.1, -0.05) is 12.1 Å². The second kappa shape index (κ2) is 4.77. The molecule has 2 heterocycles. The summed E-state index contributed by atoms with van der Waals surface area (Å²) in [7, 11) is 0. The topological polar surface area (TPSA) is 58.6 Å². The molecule has 0 bridgehead atoms. The van der Waals surface area contributed by atoms with Crippen LogP contribution in [0.15, 0.2) is 24.3 Å². The Morgan fingerprint density at radius 2 is 2.00 bits per heavy atom. The maximum Gasteiger partial charge on any atom is 0.407 e. The number of nitrogens with zero attached hydrogens (tertiary/aromatic N) is 1. The lowest BCUT2D eigenvalue weighted by molar-refractivity contribution is 0.00320. The van der Waals surface area contributed by atoms with Crippen molar-refractivity contribution >= 4 is 12.0 Å². The van der Waals surface area contributed by atoms with Crippen molar-refractivity contribution < 1.29 is 18.7 Å². The minimum atomic E-state index is -0.508. The van der Waals surface area contributed by atoms with Gasteiger partial charge in [0.1, 0.15) is 11.4 Å². The second-order valence-corrected chi connectivity index (χ2v) is 5.20. The third-order valence-electron chi connectivity index (χ3n) is 3.93. The second-order valence-electron chi connectivity index (χ2n) is 5.20. The van der Waals surface area contributed by atoms with E-state index in [0.717, 1.165) is 0 Å². The summed E-state index contributed by atoms with van der Waals surface area (Å²) in [5.41, 5.74) is -0.409. The van der Waals surface area contributed by atoms with Crippen LogP contribution in [0.4, 0.5) is 9.18 Å². The third kappa shape index (κ3) is 2.21. The number of hydrogen-bond acceptors (Lipinski definition) is 3. The summed E-state index contributed by atoms with van der Waals surface area (Å²) in [4.78, 5) is 25.0. The smallest absolute Gasteiger partial charge is 0.407 e. The van der Waals surface area contributed by atoms with E-state index >= 15 is 0 Å². The first-order chi connectivity index (χ1) is 9.60. The molecular weight excluding hydrogens is 263 g/mol. The molecule has 106 valence electrons. The molecule has 5 nitrogen and oxygen atoms in total. The van der Waals surface area contributed by atoms with Crippen LogP contribution in [0.25, 0.3) is 0 Å². The quantitative estimate of drug-likeness (QED) is 0.847. The van der Waals surface area contributed by atoms with Gasteiger partial charge in [-0.2, -0.15) is 0 Å². The highest BCUT2D eigenvalue weighted by molar-refractivity contribution is 5.94. The zero-order valence-corrected chi connectivity index (χ0v) is 10.9. The van der Waals surface area contributed by atoms with Crippen LogP contribution < -0.4 is 5.32 Å². The predicted molar refractivity (Wildman–Crippen MR) is 68.8 cm³/mol. The highest BCUT2D eigenvalue weighted by atomic mass is 19.1. The standard InChI is InChI=1S/C14H15FN2O3/c15-11-4-2-1-3-10(11)12(18)17-7-5-14(6-8-17)9-16-13(19)20-14/h1-4H,5-9H2,(H,16,19). The first-order valence-electron chi connectivity index (χ1n) is 6.60. The van der Waals surface area contributed by atoms with E-state index in [2.05, 4.69) is 5.32 Å². The molecule has 3 rings (SSSR count). The predicted octanol–water partition coefficient (Wildman–Crippen LogP) is 1.54. The van der Waals surface area contributed by atoms with Gasteiger partial charge in [0.15, 0.2) is 0 Å². The highest BCUT2D eigenvalue weighted by Gasteiger charge is 2.43. The molecule has 0 radical (unpaired) electrons. The summed E-state index contributed by atoms with van der Waals surface area (Å²) in [6.07, 6.45) is 0.747. The first-order valence-corrected chi connectivity index (χ1v) is 6.60. The van der Waals surface area contributed by atoms with Gasteiger partial charge in [-0.25, -0.2) is 9.18 Å². The molecule has 2 amide bonds. The number of piperidine rings is 1. The molecule has 1 spiro atoms. The first kappa shape index (κ1) is 12.9. The number of nitrogens with one attached hydrogen (secondary N) is 1. The Labute approximate surface area is 115 Å². The molecule has 2 saturated heterocycles. The van der Waals surface area contributed by atoms with Crippen LogP contribution in [0, 0.1) is 5.82 Å². The largest absolute Gasteiger partial charge is 0.441 e. The van der Waals surface area contributed by atoms with E-state index in [1.807, 2.05) is 0 Å². The van der Waals surface area contributed by atoms with Gasteiger partial charge in [-0.15, -0.1) is 0 Å². The molecule has 2 aliphatic rings. The SMILES string of the molecule is O=C1NCC2(CCN(C(=O)c3ccccc3F)CC2)O1. The maximum atomic E-state index is 13.6. The lowest BCUT2D eigenvalue weighted by Gasteiger charge is -2.37. The van der Waals surface area contributed by atoms with Crippen LogP contribution in [0.5, 0.6) is 0 Å². The van der Waals surface area contributed by atoms with Gasteiger partial charge in [-0.3, -0.25) is 4.79 Å². The van der Waals surface area contributed by atoms with Gasteiger partial charge >= 0.3 is 6.09 Å². The van der Waals surface area contributed by atoms with Crippen LogP contribution >= 0.6 is 0 Å². The summed E-state index contributed by atoms with van der Waals surface area (Å²) in [6, 6.07) is 5.96. The molecule has 0 aromatic heterocycles. The van der Waals surface area contributed by atoms with E-state index in [-0.39, 0.29) is 11.5 Å². The minimum Gasteiger partial charge on any atom is -0.441 e. The Bertz CT molecular complexity index is 553. The molecule has 1 aromatic carbocycles. The molecule has 0 saturated carbocycles. The zero-order valence-electron chi connectivity index (χ0n) is 10.9. The number of carbonyl (C=O) groups excluding carboxylic acids is 2. The van der Waals surface area contributed by atoms with E-state index < -0.39 is 17.5 Å². The van der Waals surface area contributed by atoms with Crippen molar-refractivity contribution in [2.75, 3.05) is 19.6 Å². The Hall–Kier alpha value is -2.11. The molecule has 0 unspecified atom stereocenters. The minimum absolute atomic E-state index is 0.0880. The molecule has 1 aromatic rings. The van der Waals surface area contributed by atoms with Crippen LogP contribution in [0.1, 0.15) is 23.2 Å². The number of ether oxygens (including phenoxy) is 1. The summed E-state index contributed by atoms with van der Waals surface area (Å²) in [5, 5.41) is 2.64. The molecular formula is C14H15FN2O3. The number of carbonyl (C=O) groups is 2. The molecule has 20 heavy (non-hydrogen) atoms. The fourth-order valence-electron chi connectivity index (χ4n) is 2.70. The number of benzene rings is 1. The summed E-state index contributed by atoms with van der Waals surface area (Å²) >= 11 is 0. The van der Waals surface area contributed by atoms with Crippen LogP contribution in [0.2, 0.25) is 0 Å². The van der Waals surface area contributed by atoms with Crippen LogP contribution in [0.3, 0.4) is 0 Å². The van der Waals surface area contributed by atoms with Crippen molar-refractivity contribution in [3.05, 3.63) is 35.6 Å². The highest BCUT2D eigenvalue weighted by Crippen LogP contribution is 2.29. The molecule has 6 heteroatoms. The molecule has 2 aliphatic heterocycles. The normalized spacial score (nSPS) is 20.6. The fourth-order valence-corrected chi connectivity index (χ4v) is 2.70. The van der Waals surface area contributed by atoms with Gasteiger partial charge in [0.05, 0.1) is 12.1 Å². The Morgan fingerprint density at radius 3 is 2.60 bits per heavy atom. The lowest BCUT2D eigenvalue weighted by Crippen LogP contribution is -2.48. The van der Waals surface area contributed by atoms with Crippen LogP contribution in [-0.4, -0.2) is 42.1 Å². The fraction of sp³-hybridized carbons (Fsp3) is 0.429. The van der Waals surface area contributed by atoms with Crippen molar-refractivity contribution in [1.82, 2.24) is 10.2 Å². The van der Waals surface area contributed by atoms with Gasteiger partial charge in [0.2, 0.25) is 0 Å². The number of alkyl carbamates (subject to hydrolysis) is 1. The average Bonchev–Trinajstić information content (AvgIpc) is 2.81. The summed E-state index contributed by atoms with van der Waals surface area (Å²) in [5.74, 6) is -0.818. The van der Waals surface area contributed by atoms with Crippen molar-refractivity contribution in [1.29, 1.82) is 0 Å². The third-order valence-corrected chi connectivity index (χ3v) is 3.93. The van der Waals surface area contributed by atoms with E-state index in [9.17, 15) is 14.0 Å². The van der Waals surface area contributed by atoms with E-state index in [0.29, 0.717) is 32.5 Å². The van der Waals surface area contributed by atoms with E-state index in [4.69, 9.17) is 4.74 Å². The average molecular weight is 278 g/mol. The van der Waals surface area contributed by atoms with Crippen molar-refractivity contribution in [3.63, 3.8) is 0 Å². The molecule has 2 fully saturated rings. The number of hydrogen-bond donors (Lipinski definition) is 1. The molecule has 1 N–H and O–H groups in total. The Balaban J connectivity index is 1.68. The maximum absolute atomic E-state index is 13.6.